The fourth-order valence-electron chi connectivity index (χ4n) is 3.77. The van der Waals surface area contributed by atoms with Gasteiger partial charge in [0, 0.05) is 11.3 Å². The van der Waals surface area contributed by atoms with Crippen molar-refractivity contribution in [2.24, 2.45) is 10.7 Å². The Kier molecular flexibility index (Phi) is 5.07. The third kappa shape index (κ3) is 3.61. The second-order valence-corrected chi connectivity index (χ2v) is 7.43. The molecular formula is C24H25N3O2. The molecule has 29 heavy (non-hydrogen) atoms. The van der Waals surface area contributed by atoms with E-state index in [1.54, 1.807) is 7.11 Å². The SMILES string of the molecule is COc1ccc(C2(C(N)=Nc3ccc(-c4ccccc4CO)c(C)n3)CC2)cc1. The molecule has 1 fully saturated rings. The van der Waals surface area contributed by atoms with Gasteiger partial charge in [0.25, 0.3) is 0 Å². The molecule has 2 aromatic carbocycles. The standard InChI is InChI=1S/C24H25N3O2/c1-16-20(21-6-4-3-5-17(21)15-28)11-12-22(26-16)27-23(25)24(13-14-24)18-7-9-19(29-2)10-8-18/h3-12,28H,13-15H2,1-2H3,(H2,25,26,27). The number of hydrogen-bond donors (Lipinski definition) is 2. The van der Waals surface area contributed by atoms with Crippen molar-refractivity contribution in [1.82, 2.24) is 4.98 Å². The third-order valence-corrected chi connectivity index (χ3v) is 5.67. The molecule has 148 valence electrons. The summed E-state index contributed by atoms with van der Waals surface area (Å²) in [6, 6.07) is 19.7. The molecule has 0 aliphatic heterocycles. The van der Waals surface area contributed by atoms with Crippen LogP contribution in [0.1, 0.15) is 29.7 Å². The lowest BCUT2D eigenvalue weighted by Crippen LogP contribution is -2.28. The Bertz CT molecular complexity index is 1050. The number of nitrogens with zero attached hydrogens (tertiary/aromatic N) is 2. The zero-order valence-electron chi connectivity index (χ0n) is 16.7. The van der Waals surface area contributed by atoms with Gasteiger partial charge in [0.1, 0.15) is 11.6 Å². The molecule has 0 spiro atoms. The minimum Gasteiger partial charge on any atom is -0.497 e. The molecular weight excluding hydrogens is 362 g/mol. The Labute approximate surface area is 170 Å². The van der Waals surface area contributed by atoms with Gasteiger partial charge in [-0.2, -0.15) is 0 Å². The van der Waals surface area contributed by atoms with Crippen LogP contribution in [0.15, 0.2) is 65.7 Å². The van der Waals surface area contributed by atoms with Crippen LogP contribution in [0.2, 0.25) is 0 Å². The molecule has 1 saturated carbocycles. The summed E-state index contributed by atoms with van der Waals surface area (Å²) in [5, 5.41) is 9.62. The summed E-state index contributed by atoms with van der Waals surface area (Å²) in [5.41, 5.74) is 11.1. The van der Waals surface area contributed by atoms with E-state index in [1.165, 1.54) is 0 Å². The maximum Gasteiger partial charge on any atom is 0.154 e. The van der Waals surface area contributed by atoms with E-state index in [2.05, 4.69) is 22.1 Å². The van der Waals surface area contributed by atoms with Crippen LogP contribution in [-0.2, 0) is 12.0 Å². The molecule has 4 rings (SSSR count). The van der Waals surface area contributed by atoms with Gasteiger partial charge in [0.2, 0.25) is 0 Å². The first-order chi connectivity index (χ1) is 14.1. The molecule has 1 aliphatic carbocycles. The Balaban J connectivity index is 1.63. The van der Waals surface area contributed by atoms with Crippen LogP contribution in [0.3, 0.4) is 0 Å². The topological polar surface area (TPSA) is 80.7 Å². The van der Waals surface area contributed by atoms with Crippen LogP contribution < -0.4 is 10.5 Å². The molecule has 1 aliphatic rings. The number of nitrogens with two attached hydrogens (primary N) is 1. The number of aliphatic imine (C=N–C) groups is 1. The summed E-state index contributed by atoms with van der Waals surface area (Å²) in [7, 11) is 1.66. The van der Waals surface area contributed by atoms with Gasteiger partial charge in [0.15, 0.2) is 5.82 Å². The largest absolute Gasteiger partial charge is 0.497 e. The van der Waals surface area contributed by atoms with Crippen molar-refractivity contribution in [3.05, 3.63) is 77.5 Å². The van der Waals surface area contributed by atoms with Gasteiger partial charge in [-0.1, -0.05) is 36.4 Å². The zero-order chi connectivity index (χ0) is 20.4. The number of amidine groups is 1. The van der Waals surface area contributed by atoms with Crippen molar-refractivity contribution in [3.63, 3.8) is 0 Å². The highest BCUT2D eigenvalue weighted by Gasteiger charge is 2.48. The van der Waals surface area contributed by atoms with Crippen molar-refractivity contribution in [1.29, 1.82) is 0 Å². The van der Waals surface area contributed by atoms with Gasteiger partial charge in [-0.3, -0.25) is 0 Å². The number of aliphatic hydroxyl groups is 1. The monoisotopic (exact) mass is 387 g/mol. The predicted molar refractivity (Wildman–Crippen MR) is 116 cm³/mol. The van der Waals surface area contributed by atoms with E-state index >= 15 is 0 Å². The van der Waals surface area contributed by atoms with E-state index in [0.717, 1.165) is 46.5 Å². The number of aromatic nitrogens is 1. The van der Waals surface area contributed by atoms with Gasteiger partial charge in [-0.05, 0) is 60.7 Å². The first-order valence-electron chi connectivity index (χ1n) is 9.73. The van der Waals surface area contributed by atoms with Crippen molar-refractivity contribution >= 4 is 11.7 Å². The number of ether oxygens (including phenoxy) is 1. The minimum atomic E-state index is -0.204. The van der Waals surface area contributed by atoms with Crippen LogP contribution in [0.4, 0.5) is 5.82 Å². The van der Waals surface area contributed by atoms with E-state index in [9.17, 15) is 5.11 Å². The average molecular weight is 387 g/mol. The Morgan fingerprint density at radius 3 is 2.41 bits per heavy atom. The molecule has 0 saturated heterocycles. The Morgan fingerprint density at radius 1 is 1.07 bits per heavy atom. The van der Waals surface area contributed by atoms with Gasteiger partial charge in [-0.15, -0.1) is 0 Å². The lowest BCUT2D eigenvalue weighted by atomic mass is 9.94. The highest BCUT2D eigenvalue weighted by atomic mass is 16.5. The first kappa shape index (κ1) is 19.2. The second-order valence-electron chi connectivity index (χ2n) is 7.43. The molecule has 0 bridgehead atoms. The first-order valence-corrected chi connectivity index (χ1v) is 9.73. The molecule has 3 aromatic rings. The Hall–Kier alpha value is -3.18. The quantitative estimate of drug-likeness (QED) is 0.489. The van der Waals surface area contributed by atoms with E-state index in [4.69, 9.17) is 10.5 Å². The van der Waals surface area contributed by atoms with Crippen molar-refractivity contribution in [2.75, 3.05) is 7.11 Å². The van der Waals surface area contributed by atoms with Crippen LogP contribution in [0.5, 0.6) is 5.75 Å². The van der Waals surface area contributed by atoms with Crippen molar-refractivity contribution in [3.8, 4) is 16.9 Å². The van der Waals surface area contributed by atoms with Crippen LogP contribution >= 0.6 is 0 Å². The number of rotatable bonds is 6. The van der Waals surface area contributed by atoms with Gasteiger partial charge in [0.05, 0.1) is 19.1 Å². The number of methoxy groups -OCH3 is 1. The molecule has 5 nitrogen and oxygen atoms in total. The minimum absolute atomic E-state index is 0.00710. The molecule has 0 unspecified atom stereocenters. The van der Waals surface area contributed by atoms with E-state index < -0.39 is 0 Å². The molecule has 1 aromatic heterocycles. The number of benzene rings is 2. The maximum absolute atomic E-state index is 9.62. The third-order valence-electron chi connectivity index (χ3n) is 5.67. The average Bonchev–Trinajstić information content (AvgIpc) is 3.56. The van der Waals surface area contributed by atoms with Gasteiger partial charge >= 0.3 is 0 Å². The molecule has 5 heteroatoms. The molecule has 0 atom stereocenters. The summed E-state index contributed by atoms with van der Waals surface area (Å²) in [4.78, 5) is 9.31. The smallest absolute Gasteiger partial charge is 0.154 e. The van der Waals surface area contributed by atoms with Gasteiger partial charge < -0.3 is 15.6 Å². The lowest BCUT2D eigenvalue weighted by Gasteiger charge is -2.16. The van der Waals surface area contributed by atoms with Crippen LogP contribution in [0.25, 0.3) is 11.1 Å². The lowest BCUT2D eigenvalue weighted by molar-refractivity contribution is 0.282. The fraction of sp³-hybridized carbons (Fsp3) is 0.250. The summed E-state index contributed by atoms with van der Waals surface area (Å²) < 4.78 is 5.25. The van der Waals surface area contributed by atoms with Crippen LogP contribution in [0, 0.1) is 6.92 Å². The van der Waals surface area contributed by atoms with Crippen molar-refractivity contribution in [2.45, 2.75) is 31.8 Å². The number of pyridine rings is 1. The van der Waals surface area contributed by atoms with Gasteiger partial charge in [-0.25, -0.2) is 9.98 Å². The molecule has 1 heterocycles. The summed E-state index contributed by atoms with van der Waals surface area (Å²) in [6.45, 7) is 1.95. The predicted octanol–water partition coefficient (Wildman–Crippen LogP) is 4.28. The highest BCUT2D eigenvalue weighted by molar-refractivity contribution is 5.96. The zero-order valence-corrected chi connectivity index (χ0v) is 16.7. The summed E-state index contributed by atoms with van der Waals surface area (Å²) >= 11 is 0. The summed E-state index contributed by atoms with van der Waals surface area (Å²) in [6.07, 6.45) is 1.96. The molecule has 0 radical (unpaired) electrons. The number of aryl methyl sites for hydroxylation is 1. The number of hydrogen-bond acceptors (Lipinski definition) is 4. The summed E-state index contributed by atoms with van der Waals surface area (Å²) in [5.74, 6) is 2.03. The fourth-order valence-corrected chi connectivity index (χ4v) is 3.77. The number of aliphatic hydroxyl groups excluding tert-OH is 1. The van der Waals surface area contributed by atoms with Crippen molar-refractivity contribution < 1.29 is 9.84 Å². The molecule has 3 N–H and O–H groups in total. The normalized spacial score (nSPS) is 15.2. The van der Waals surface area contributed by atoms with Crippen LogP contribution in [-0.4, -0.2) is 23.0 Å². The second kappa shape index (κ2) is 7.68. The van der Waals surface area contributed by atoms with E-state index in [0.29, 0.717) is 11.7 Å². The maximum atomic E-state index is 9.62. The Morgan fingerprint density at radius 2 is 1.79 bits per heavy atom. The van der Waals surface area contributed by atoms with E-state index in [-0.39, 0.29) is 12.0 Å². The molecule has 0 amide bonds. The highest BCUT2D eigenvalue weighted by Crippen LogP contribution is 2.49. The van der Waals surface area contributed by atoms with E-state index in [1.807, 2.05) is 55.5 Å².